The molecule has 4 heteroatoms. The molecular formula is C13H25NO3. The van der Waals surface area contributed by atoms with Crippen molar-refractivity contribution < 1.29 is 15.0 Å². The highest BCUT2D eigenvalue weighted by molar-refractivity contribution is 5.76. The molecule has 0 aromatic carbocycles. The van der Waals surface area contributed by atoms with Gasteiger partial charge < -0.3 is 15.5 Å². The van der Waals surface area contributed by atoms with Crippen LogP contribution in [0, 0.1) is 0 Å². The Hall–Kier alpha value is -0.870. The van der Waals surface area contributed by atoms with Crippen molar-refractivity contribution in [3.8, 4) is 0 Å². The lowest BCUT2D eigenvalue weighted by molar-refractivity contribution is -0.122. The lowest BCUT2D eigenvalue weighted by atomic mass is 10.1. The molecule has 17 heavy (non-hydrogen) atoms. The van der Waals surface area contributed by atoms with Crippen molar-refractivity contribution in [1.82, 2.24) is 5.32 Å². The minimum Gasteiger partial charge on any atom is -0.394 e. The monoisotopic (exact) mass is 243 g/mol. The van der Waals surface area contributed by atoms with Crippen LogP contribution in [-0.4, -0.2) is 34.9 Å². The molecule has 2 unspecified atom stereocenters. The van der Waals surface area contributed by atoms with Crippen LogP contribution >= 0.6 is 0 Å². The smallest absolute Gasteiger partial charge is 0.220 e. The van der Waals surface area contributed by atoms with Gasteiger partial charge >= 0.3 is 0 Å². The van der Waals surface area contributed by atoms with Gasteiger partial charge in [-0.25, -0.2) is 0 Å². The Morgan fingerprint density at radius 2 is 2.06 bits per heavy atom. The molecule has 2 atom stereocenters. The molecule has 0 aromatic heterocycles. The zero-order valence-corrected chi connectivity index (χ0v) is 10.9. The van der Waals surface area contributed by atoms with Crippen molar-refractivity contribution in [2.75, 3.05) is 6.61 Å². The number of nitrogens with one attached hydrogen (secondary N) is 1. The van der Waals surface area contributed by atoms with E-state index >= 15 is 0 Å². The van der Waals surface area contributed by atoms with Crippen molar-refractivity contribution >= 4 is 5.91 Å². The predicted molar refractivity (Wildman–Crippen MR) is 68.6 cm³/mol. The van der Waals surface area contributed by atoms with Gasteiger partial charge in [0.15, 0.2) is 0 Å². The number of unbranched alkanes of at least 4 members (excludes halogenated alkanes) is 2. The average molecular weight is 243 g/mol. The third kappa shape index (κ3) is 7.94. The van der Waals surface area contributed by atoms with Crippen LogP contribution in [0.4, 0.5) is 0 Å². The van der Waals surface area contributed by atoms with Gasteiger partial charge in [-0.3, -0.25) is 4.79 Å². The molecule has 3 N–H and O–H groups in total. The second-order valence-corrected chi connectivity index (χ2v) is 4.17. The summed E-state index contributed by atoms with van der Waals surface area (Å²) in [5, 5.41) is 21.5. The number of aliphatic hydroxyl groups is 2. The van der Waals surface area contributed by atoms with E-state index in [9.17, 15) is 9.90 Å². The van der Waals surface area contributed by atoms with Crippen molar-refractivity contribution in [1.29, 1.82) is 0 Å². The first-order valence-corrected chi connectivity index (χ1v) is 6.40. The molecule has 100 valence electrons. The van der Waals surface area contributed by atoms with E-state index in [2.05, 4.69) is 5.32 Å². The van der Waals surface area contributed by atoms with E-state index in [1.807, 2.05) is 19.9 Å². The standard InChI is InChI=1S/C13H25NO3/c1-3-5-7-8-12(16)11(10-15)14-13(17)9-6-4-2/h7-8,11-12,15-16H,3-6,9-10H2,1-2H3,(H,14,17)/b8-7+. The van der Waals surface area contributed by atoms with Crippen LogP contribution in [0.1, 0.15) is 46.0 Å². The quantitative estimate of drug-likeness (QED) is 0.536. The number of carbonyl (C=O) groups is 1. The molecule has 0 rings (SSSR count). The molecule has 1 amide bonds. The summed E-state index contributed by atoms with van der Waals surface area (Å²) in [5.74, 6) is -0.117. The zero-order chi connectivity index (χ0) is 13.1. The van der Waals surface area contributed by atoms with Gasteiger partial charge in [0, 0.05) is 6.42 Å². The Morgan fingerprint density at radius 3 is 2.59 bits per heavy atom. The van der Waals surface area contributed by atoms with Crippen LogP contribution in [0.25, 0.3) is 0 Å². The van der Waals surface area contributed by atoms with Crippen molar-refractivity contribution in [2.45, 2.75) is 58.1 Å². The highest BCUT2D eigenvalue weighted by atomic mass is 16.3. The number of allylic oxidation sites excluding steroid dienone is 1. The number of hydrogen-bond donors (Lipinski definition) is 3. The van der Waals surface area contributed by atoms with Crippen molar-refractivity contribution in [3.63, 3.8) is 0 Å². The van der Waals surface area contributed by atoms with Gasteiger partial charge in [0.2, 0.25) is 5.91 Å². The van der Waals surface area contributed by atoms with E-state index in [4.69, 9.17) is 5.11 Å². The predicted octanol–water partition coefficient (Wildman–Crippen LogP) is 1.37. The maximum Gasteiger partial charge on any atom is 0.220 e. The van der Waals surface area contributed by atoms with E-state index in [0.717, 1.165) is 25.7 Å². The van der Waals surface area contributed by atoms with Gasteiger partial charge in [0.1, 0.15) is 0 Å². The summed E-state index contributed by atoms with van der Waals surface area (Å²) in [7, 11) is 0. The molecule has 4 nitrogen and oxygen atoms in total. The minimum absolute atomic E-state index is 0.117. The van der Waals surface area contributed by atoms with Crippen LogP contribution < -0.4 is 5.32 Å². The van der Waals surface area contributed by atoms with Crippen LogP contribution in [0.5, 0.6) is 0 Å². The van der Waals surface area contributed by atoms with Crippen LogP contribution in [-0.2, 0) is 4.79 Å². The van der Waals surface area contributed by atoms with Gasteiger partial charge in [0.05, 0.1) is 18.8 Å². The van der Waals surface area contributed by atoms with Crippen LogP contribution in [0.3, 0.4) is 0 Å². The first-order chi connectivity index (χ1) is 8.15. The maximum atomic E-state index is 11.4. The number of hydrogen-bond acceptors (Lipinski definition) is 3. The Labute approximate surface area is 104 Å². The molecule has 0 saturated carbocycles. The SMILES string of the molecule is CCC/C=C/C(O)C(CO)NC(=O)CCCC. The van der Waals surface area contributed by atoms with Gasteiger partial charge in [-0.1, -0.05) is 38.8 Å². The van der Waals surface area contributed by atoms with Gasteiger partial charge in [-0.2, -0.15) is 0 Å². The fourth-order valence-corrected chi connectivity index (χ4v) is 1.39. The number of amides is 1. The first kappa shape index (κ1) is 16.1. The van der Waals surface area contributed by atoms with E-state index in [-0.39, 0.29) is 12.5 Å². The second-order valence-electron chi connectivity index (χ2n) is 4.17. The Balaban J connectivity index is 4.08. The second kappa shape index (κ2) is 10.3. The molecule has 0 aliphatic heterocycles. The molecule has 0 radical (unpaired) electrons. The zero-order valence-electron chi connectivity index (χ0n) is 10.9. The highest BCUT2D eigenvalue weighted by Gasteiger charge is 2.17. The Bertz CT molecular complexity index is 229. The third-order valence-corrected chi connectivity index (χ3v) is 2.50. The number of aliphatic hydroxyl groups excluding tert-OH is 2. The summed E-state index contributed by atoms with van der Waals surface area (Å²) in [6.45, 7) is 3.81. The molecule has 0 aliphatic rings. The van der Waals surface area contributed by atoms with Gasteiger partial charge in [-0.15, -0.1) is 0 Å². The molecule has 0 heterocycles. The van der Waals surface area contributed by atoms with Crippen molar-refractivity contribution in [3.05, 3.63) is 12.2 Å². The third-order valence-electron chi connectivity index (χ3n) is 2.50. The van der Waals surface area contributed by atoms with E-state index in [1.54, 1.807) is 6.08 Å². The highest BCUT2D eigenvalue weighted by Crippen LogP contribution is 2.00. The molecule has 0 aliphatic carbocycles. The maximum absolute atomic E-state index is 11.4. The minimum atomic E-state index is -0.822. The van der Waals surface area contributed by atoms with E-state index < -0.39 is 12.1 Å². The van der Waals surface area contributed by atoms with Crippen LogP contribution in [0.15, 0.2) is 12.2 Å². The summed E-state index contributed by atoms with van der Waals surface area (Å²) < 4.78 is 0. The van der Waals surface area contributed by atoms with E-state index in [1.165, 1.54) is 0 Å². The fraction of sp³-hybridized carbons (Fsp3) is 0.769. The lowest BCUT2D eigenvalue weighted by Gasteiger charge is -2.19. The molecule has 0 saturated heterocycles. The van der Waals surface area contributed by atoms with Crippen LogP contribution in [0.2, 0.25) is 0 Å². The number of carbonyl (C=O) groups excluding carboxylic acids is 1. The fourth-order valence-electron chi connectivity index (χ4n) is 1.39. The molecule has 0 fully saturated rings. The molecule has 0 spiro atoms. The molecular weight excluding hydrogens is 218 g/mol. The Kier molecular flexibility index (Phi) is 9.77. The summed E-state index contributed by atoms with van der Waals surface area (Å²) >= 11 is 0. The van der Waals surface area contributed by atoms with Gasteiger partial charge in [0.25, 0.3) is 0 Å². The normalized spacial score (nSPS) is 14.8. The summed E-state index contributed by atoms with van der Waals surface area (Å²) in [4.78, 5) is 11.4. The Morgan fingerprint density at radius 1 is 1.35 bits per heavy atom. The summed E-state index contributed by atoms with van der Waals surface area (Å²) in [6, 6.07) is -0.604. The van der Waals surface area contributed by atoms with E-state index in [0.29, 0.717) is 6.42 Å². The summed E-state index contributed by atoms with van der Waals surface area (Å²) in [6.07, 6.45) is 6.79. The van der Waals surface area contributed by atoms with Crippen molar-refractivity contribution in [2.24, 2.45) is 0 Å². The lowest BCUT2D eigenvalue weighted by Crippen LogP contribution is -2.45. The topological polar surface area (TPSA) is 69.6 Å². The molecule has 0 bridgehead atoms. The average Bonchev–Trinajstić information content (AvgIpc) is 2.33. The summed E-state index contributed by atoms with van der Waals surface area (Å²) in [5.41, 5.74) is 0. The number of rotatable bonds is 9. The van der Waals surface area contributed by atoms with Gasteiger partial charge in [-0.05, 0) is 12.8 Å². The first-order valence-electron chi connectivity index (χ1n) is 6.40. The largest absolute Gasteiger partial charge is 0.394 e. The molecule has 0 aromatic rings.